The lowest BCUT2D eigenvalue weighted by Gasteiger charge is -2.31. The first kappa shape index (κ1) is 18.1. The van der Waals surface area contributed by atoms with Gasteiger partial charge in [-0.15, -0.1) is 10.2 Å². The fraction of sp³-hybridized carbons (Fsp3) is 0.474. The zero-order valence-corrected chi connectivity index (χ0v) is 16.6. The van der Waals surface area contributed by atoms with E-state index in [9.17, 15) is 0 Å². The van der Waals surface area contributed by atoms with Gasteiger partial charge in [-0.1, -0.05) is 24.3 Å². The van der Waals surface area contributed by atoms with E-state index < -0.39 is 0 Å². The highest BCUT2D eigenvalue weighted by molar-refractivity contribution is 7.15. The van der Waals surface area contributed by atoms with Crippen LogP contribution in [0.4, 0.5) is 10.9 Å². The minimum Gasteiger partial charge on any atom is -0.315 e. The second-order valence-corrected chi connectivity index (χ2v) is 8.06. The van der Waals surface area contributed by atoms with Crippen LogP contribution in [0.1, 0.15) is 41.9 Å². The summed E-state index contributed by atoms with van der Waals surface area (Å²) in [5.41, 5.74) is 2.45. The fourth-order valence-corrected chi connectivity index (χ4v) is 4.19. The Hall–Kier alpha value is -2.32. The molecule has 0 spiro atoms. The van der Waals surface area contributed by atoms with Gasteiger partial charge >= 0.3 is 0 Å². The maximum absolute atomic E-state index is 4.84. The van der Waals surface area contributed by atoms with Gasteiger partial charge in [0.1, 0.15) is 10.8 Å². The molecule has 0 bridgehead atoms. The van der Waals surface area contributed by atoms with Crippen LogP contribution in [-0.4, -0.2) is 43.0 Å². The number of nitrogens with zero attached hydrogens (tertiary/aromatic N) is 6. The topological polar surface area (TPSA) is 71.8 Å². The van der Waals surface area contributed by atoms with Crippen molar-refractivity contribution in [3.05, 3.63) is 46.9 Å². The molecule has 1 saturated heterocycles. The van der Waals surface area contributed by atoms with Crippen molar-refractivity contribution >= 4 is 22.3 Å². The Morgan fingerprint density at radius 3 is 2.78 bits per heavy atom. The van der Waals surface area contributed by atoms with Crippen LogP contribution in [0.3, 0.4) is 0 Å². The minimum atomic E-state index is 0.512. The number of rotatable bonds is 6. The molecule has 1 N–H and O–H groups in total. The number of anilines is 2. The second-order valence-electron chi connectivity index (χ2n) is 7.00. The van der Waals surface area contributed by atoms with Crippen molar-refractivity contribution in [3.8, 4) is 0 Å². The molecular weight excluding hydrogens is 358 g/mol. The molecule has 0 aliphatic carbocycles. The molecule has 0 saturated carbocycles. The Morgan fingerprint density at radius 2 is 2.07 bits per heavy atom. The Kier molecular flexibility index (Phi) is 5.45. The van der Waals surface area contributed by atoms with Gasteiger partial charge in [-0.05, 0) is 44.5 Å². The van der Waals surface area contributed by atoms with Gasteiger partial charge in [-0.2, -0.15) is 5.10 Å². The average Bonchev–Trinajstić information content (AvgIpc) is 3.31. The molecule has 0 unspecified atom stereocenters. The van der Waals surface area contributed by atoms with E-state index in [0.717, 1.165) is 54.9 Å². The van der Waals surface area contributed by atoms with Crippen molar-refractivity contribution in [3.63, 3.8) is 0 Å². The van der Waals surface area contributed by atoms with Crippen molar-refractivity contribution in [1.29, 1.82) is 0 Å². The summed E-state index contributed by atoms with van der Waals surface area (Å²) in [7, 11) is 1.97. The van der Waals surface area contributed by atoms with Gasteiger partial charge in [-0.25, -0.2) is 4.98 Å². The van der Waals surface area contributed by atoms with E-state index in [2.05, 4.69) is 50.8 Å². The smallest absolute Gasteiger partial charge is 0.211 e. The fourth-order valence-electron chi connectivity index (χ4n) is 3.50. The molecule has 1 aliphatic heterocycles. The summed E-state index contributed by atoms with van der Waals surface area (Å²) in [5.74, 6) is 1.36. The number of hydrogen-bond acceptors (Lipinski definition) is 7. The van der Waals surface area contributed by atoms with Crippen LogP contribution in [0.15, 0.2) is 30.6 Å². The molecule has 0 atom stereocenters. The van der Waals surface area contributed by atoms with Gasteiger partial charge in [-0.3, -0.25) is 9.58 Å². The van der Waals surface area contributed by atoms with Crippen molar-refractivity contribution in [2.24, 2.45) is 7.05 Å². The third kappa shape index (κ3) is 4.51. The molecule has 0 aromatic carbocycles. The molecule has 4 rings (SSSR count). The van der Waals surface area contributed by atoms with Crippen LogP contribution in [-0.2, 0) is 20.0 Å². The first-order valence-corrected chi connectivity index (χ1v) is 10.3. The monoisotopic (exact) mass is 383 g/mol. The van der Waals surface area contributed by atoms with E-state index >= 15 is 0 Å². The van der Waals surface area contributed by atoms with Crippen molar-refractivity contribution in [2.75, 3.05) is 18.4 Å². The summed E-state index contributed by atoms with van der Waals surface area (Å²) in [5, 5.41) is 17.7. The number of piperidine rings is 1. The van der Waals surface area contributed by atoms with E-state index in [1.165, 1.54) is 11.3 Å². The zero-order chi connectivity index (χ0) is 18.6. The molecule has 3 aromatic heterocycles. The quantitative estimate of drug-likeness (QED) is 0.704. The predicted molar refractivity (Wildman–Crippen MR) is 107 cm³/mol. The Morgan fingerprint density at radius 1 is 1.22 bits per heavy atom. The SMILES string of the molecule is CCc1nnc(Nc2cccc(C3CCN(Cc4cnn(C)c4)CC3)n2)s1. The van der Waals surface area contributed by atoms with Crippen LogP contribution >= 0.6 is 11.3 Å². The van der Waals surface area contributed by atoms with Gasteiger partial charge in [0.25, 0.3) is 0 Å². The normalized spacial score (nSPS) is 15.9. The summed E-state index contributed by atoms with van der Waals surface area (Å²) in [4.78, 5) is 7.34. The summed E-state index contributed by atoms with van der Waals surface area (Å²) in [6.45, 7) is 5.25. The number of aromatic nitrogens is 5. The zero-order valence-electron chi connectivity index (χ0n) is 15.8. The van der Waals surface area contributed by atoms with E-state index in [0.29, 0.717) is 5.92 Å². The summed E-state index contributed by atoms with van der Waals surface area (Å²) < 4.78 is 1.87. The lowest BCUT2D eigenvalue weighted by Crippen LogP contribution is -2.32. The standard InChI is InChI=1S/C19H25N7S/c1-3-18-23-24-19(27-18)22-17-6-4-5-16(21-17)15-7-9-26(10-8-15)13-14-11-20-25(2)12-14/h4-6,11-12,15H,3,7-10,13H2,1-2H3,(H,21,22,24). The van der Waals surface area contributed by atoms with Crippen molar-refractivity contribution in [1.82, 2.24) is 29.9 Å². The van der Waals surface area contributed by atoms with Gasteiger partial charge in [0.15, 0.2) is 0 Å². The third-order valence-corrected chi connectivity index (χ3v) is 5.93. The molecule has 0 radical (unpaired) electrons. The van der Waals surface area contributed by atoms with E-state index in [4.69, 9.17) is 4.98 Å². The molecule has 27 heavy (non-hydrogen) atoms. The molecule has 1 fully saturated rings. The van der Waals surface area contributed by atoms with E-state index in [1.807, 2.05) is 24.0 Å². The van der Waals surface area contributed by atoms with Gasteiger partial charge < -0.3 is 5.32 Å². The highest BCUT2D eigenvalue weighted by Gasteiger charge is 2.22. The van der Waals surface area contributed by atoms with Crippen LogP contribution in [0.2, 0.25) is 0 Å². The summed E-state index contributed by atoms with van der Waals surface area (Å²) in [6, 6.07) is 6.21. The molecule has 7 nitrogen and oxygen atoms in total. The first-order chi connectivity index (χ1) is 13.2. The molecule has 0 amide bonds. The maximum atomic E-state index is 4.84. The summed E-state index contributed by atoms with van der Waals surface area (Å²) >= 11 is 1.59. The van der Waals surface area contributed by atoms with Crippen LogP contribution < -0.4 is 5.32 Å². The second kappa shape index (κ2) is 8.14. The molecule has 142 valence electrons. The molecule has 1 aliphatic rings. The molecule has 8 heteroatoms. The minimum absolute atomic E-state index is 0.512. The number of aryl methyl sites for hydroxylation is 2. The van der Waals surface area contributed by atoms with E-state index in [-0.39, 0.29) is 0 Å². The lowest BCUT2D eigenvalue weighted by atomic mass is 9.93. The van der Waals surface area contributed by atoms with Gasteiger partial charge in [0.05, 0.1) is 6.20 Å². The molecular formula is C19H25N7S. The van der Waals surface area contributed by atoms with Crippen molar-refractivity contribution in [2.45, 2.75) is 38.6 Å². The average molecular weight is 384 g/mol. The van der Waals surface area contributed by atoms with Crippen LogP contribution in [0, 0.1) is 0 Å². The van der Waals surface area contributed by atoms with Crippen LogP contribution in [0.5, 0.6) is 0 Å². The number of nitrogens with one attached hydrogen (secondary N) is 1. The number of pyridine rings is 1. The highest BCUT2D eigenvalue weighted by atomic mass is 32.1. The Bertz CT molecular complexity index is 880. The third-order valence-electron chi connectivity index (χ3n) is 4.95. The lowest BCUT2D eigenvalue weighted by molar-refractivity contribution is 0.203. The predicted octanol–water partition coefficient (Wildman–Crippen LogP) is 3.35. The van der Waals surface area contributed by atoms with Gasteiger partial charge in [0.2, 0.25) is 5.13 Å². The largest absolute Gasteiger partial charge is 0.315 e. The summed E-state index contributed by atoms with van der Waals surface area (Å²) in [6.07, 6.45) is 7.23. The number of hydrogen-bond donors (Lipinski definition) is 1. The van der Waals surface area contributed by atoms with E-state index in [1.54, 1.807) is 11.3 Å². The number of likely N-dealkylation sites (tertiary alicyclic amines) is 1. The van der Waals surface area contributed by atoms with Gasteiger partial charge in [0, 0.05) is 37.0 Å². The van der Waals surface area contributed by atoms with Crippen LogP contribution in [0.25, 0.3) is 0 Å². The van der Waals surface area contributed by atoms with Crippen molar-refractivity contribution < 1.29 is 0 Å². The maximum Gasteiger partial charge on any atom is 0.211 e. The Balaban J connectivity index is 1.35. The molecule has 4 heterocycles. The molecule has 3 aromatic rings. The first-order valence-electron chi connectivity index (χ1n) is 9.46. The Labute approximate surface area is 163 Å². The highest BCUT2D eigenvalue weighted by Crippen LogP contribution is 2.29.